The van der Waals surface area contributed by atoms with Gasteiger partial charge in [0.1, 0.15) is 0 Å². The van der Waals surface area contributed by atoms with Gasteiger partial charge in [-0.15, -0.1) is 0 Å². The van der Waals surface area contributed by atoms with Gasteiger partial charge in [0.05, 0.1) is 11.6 Å². The molecule has 0 saturated heterocycles. The van der Waals surface area contributed by atoms with E-state index in [1.54, 1.807) is 29.2 Å². The summed E-state index contributed by atoms with van der Waals surface area (Å²) in [6.45, 7) is 4.53. The molecule has 0 aliphatic rings. The first-order valence-corrected chi connectivity index (χ1v) is 7.13. The second-order valence-corrected chi connectivity index (χ2v) is 4.78. The van der Waals surface area contributed by atoms with Gasteiger partial charge < -0.3 is 10.2 Å². The van der Waals surface area contributed by atoms with Gasteiger partial charge in [-0.3, -0.25) is 9.59 Å². The van der Waals surface area contributed by atoms with Crippen LogP contribution in [0.3, 0.4) is 0 Å². The van der Waals surface area contributed by atoms with E-state index in [1.807, 2.05) is 6.07 Å². The van der Waals surface area contributed by atoms with Crippen LogP contribution in [-0.4, -0.2) is 24.9 Å². The molecule has 0 radical (unpaired) electrons. The van der Waals surface area contributed by atoms with Crippen molar-refractivity contribution in [3.63, 3.8) is 0 Å². The summed E-state index contributed by atoms with van der Waals surface area (Å²) in [5.41, 5.74) is 1.24. The van der Waals surface area contributed by atoms with Crippen LogP contribution < -0.4 is 10.2 Å². The van der Waals surface area contributed by atoms with Crippen LogP contribution in [0.5, 0.6) is 0 Å². The maximum Gasteiger partial charge on any atom is 0.223 e. The largest absolute Gasteiger partial charge is 0.356 e. The Balaban J connectivity index is 2.59. The molecule has 0 fully saturated rings. The van der Waals surface area contributed by atoms with Gasteiger partial charge in [0.15, 0.2) is 0 Å². The van der Waals surface area contributed by atoms with Crippen molar-refractivity contribution < 1.29 is 9.59 Å². The monoisotopic (exact) mass is 287 g/mol. The second kappa shape index (κ2) is 8.75. The molecule has 21 heavy (non-hydrogen) atoms. The number of nitriles is 1. The first kappa shape index (κ1) is 16.7. The Kier molecular flexibility index (Phi) is 6.96. The standard InChI is InChI=1S/C16H21N3O2/c1-3-4-10-18-16(21)9-11-19(13(2)20)15-7-5-14(12-17)6-8-15/h5-8H,3-4,9-11H2,1-2H3,(H,18,21). The van der Waals surface area contributed by atoms with Crippen LogP contribution in [0, 0.1) is 11.3 Å². The molecule has 2 amide bonds. The average Bonchev–Trinajstić information content (AvgIpc) is 2.48. The maximum atomic E-state index is 11.7. The Hall–Kier alpha value is -2.35. The van der Waals surface area contributed by atoms with Crippen LogP contribution in [0.4, 0.5) is 5.69 Å². The average molecular weight is 287 g/mol. The lowest BCUT2D eigenvalue weighted by atomic mass is 10.2. The molecule has 0 saturated carbocycles. The van der Waals surface area contributed by atoms with Gasteiger partial charge in [-0.25, -0.2) is 0 Å². The third kappa shape index (κ3) is 5.65. The summed E-state index contributed by atoms with van der Waals surface area (Å²) in [6, 6.07) is 8.79. The molecule has 1 aromatic carbocycles. The Bertz CT molecular complexity index is 517. The number of anilines is 1. The number of nitrogens with zero attached hydrogens (tertiary/aromatic N) is 2. The molecule has 0 unspecified atom stereocenters. The molecule has 5 heteroatoms. The third-order valence-corrected chi connectivity index (χ3v) is 3.10. The van der Waals surface area contributed by atoms with Gasteiger partial charge in [0.2, 0.25) is 11.8 Å². The highest BCUT2D eigenvalue weighted by Crippen LogP contribution is 2.15. The highest BCUT2D eigenvalue weighted by atomic mass is 16.2. The van der Waals surface area contributed by atoms with Crippen molar-refractivity contribution in [2.75, 3.05) is 18.0 Å². The number of carbonyl (C=O) groups is 2. The fourth-order valence-electron chi connectivity index (χ4n) is 1.89. The zero-order chi connectivity index (χ0) is 15.7. The molecule has 0 atom stereocenters. The van der Waals surface area contributed by atoms with Crippen molar-refractivity contribution in [3.8, 4) is 6.07 Å². The van der Waals surface area contributed by atoms with E-state index < -0.39 is 0 Å². The number of hydrogen-bond acceptors (Lipinski definition) is 3. The quantitative estimate of drug-likeness (QED) is 0.781. The minimum absolute atomic E-state index is 0.0525. The molecule has 1 N–H and O–H groups in total. The van der Waals surface area contributed by atoms with E-state index in [-0.39, 0.29) is 18.2 Å². The molecule has 112 valence electrons. The summed E-state index contributed by atoms with van der Waals surface area (Å²) < 4.78 is 0. The smallest absolute Gasteiger partial charge is 0.223 e. The number of nitrogens with one attached hydrogen (secondary N) is 1. The highest BCUT2D eigenvalue weighted by molar-refractivity contribution is 5.92. The van der Waals surface area contributed by atoms with Crippen molar-refractivity contribution in [2.24, 2.45) is 0 Å². The van der Waals surface area contributed by atoms with Gasteiger partial charge in [-0.1, -0.05) is 13.3 Å². The van der Waals surface area contributed by atoms with Crippen molar-refractivity contribution in [2.45, 2.75) is 33.1 Å². The molecule has 0 aliphatic carbocycles. The molecule has 1 rings (SSSR count). The molecular weight excluding hydrogens is 266 g/mol. The van der Waals surface area contributed by atoms with E-state index in [1.165, 1.54) is 6.92 Å². The van der Waals surface area contributed by atoms with E-state index >= 15 is 0 Å². The first-order valence-electron chi connectivity index (χ1n) is 7.13. The van der Waals surface area contributed by atoms with E-state index in [4.69, 9.17) is 5.26 Å². The van der Waals surface area contributed by atoms with Crippen LogP contribution in [0.2, 0.25) is 0 Å². The topological polar surface area (TPSA) is 73.2 Å². The molecule has 1 aromatic rings. The lowest BCUT2D eigenvalue weighted by Crippen LogP contribution is -2.34. The zero-order valence-electron chi connectivity index (χ0n) is 12.6. The van der Waals surface area contributed by atoms with Gasteiger partial charge in [-0.05, 0) is 30.7 Å². The van der Waals surface area contributed by atoms with Crippen molar-refractivity contribution in [1.82, 2.24) is 5.32 Å². The molecular formula is C16H21N3O2. The van der Waals surface area contributed by atoms with E-state index in [2.05, 4.69) is 12.2 Å². The molecule has 0 aromatic heterocycles. The summed E-state index contributed by atoms with van der Waals surface area (Å²) in [7, 11) is 0. The summed E-state index contributed by atoms with van der Waals surface area (Å²) in [5, 5.41) is 11.6. The van der Waals surface area contributed by atoms with Crippen molar-refractivity contribution in [1.29, 1.82) is 5.26 Å². The number of hydrogen-bond donors (Lipinski definition) is 1. The molecule has 0 heterocycles. The third-order valence-electron chi connectivity index (χ3n) is 3.10. The number of benzene rings is 1. The van der Waals surface area contributed by atoms with Crippen molar-refractivity contribution in [3.05, 3.63) is 29.8 Å². The number of carbonyl (C=O) groups excluding carboxylic acids is 2. The fourth-order valence-corrected chi connectivity index (χ4v) is 1.89. The highest BCUT2D eigenvalue weighted by Gasteiger charge is 2.13. The molecule has 0 aliphatic heterocycles. The van der Waals surface area contributed by atoms with Crippen LogP contribution in [0.1, 0.15) is 38.7 Å². The van der Waals surface area contributed by atoms with Crippen LogP contribution in [0.15, 0.2) is 24.3 Å². The number of unbranched alkanes of at least 4 members (excludes halogenated alkanes) is 1. The molecule has 0 bridgehead atoms. The maximum absolute atomic E-state index is 11.7. The van der Waals surface area contributed by atoms with Gasteiger partial charge >= 0.3 is 0 Å². The Morgan fingerprint density at radius 1 is 1.29 bits per heavy atom. The summed E-state index contributed by atoms with van der Waals surface area (Å²) in [5.74, 6) is -0.176. The number of amides is 2. The SMILES string of the molecule is CCCCNC(=O)CCN(C(C)=O)c1ccc(C#N)cc1. The van der Waals surface area contributed by atoms with E-state index in [9.17, 15) is 9.59 Å². The van der Waals surface area contributed by atoms with Crippen LogP contribution in [-0.2, 0) is 9.59 Å². The normalized spacial score (nSPS) is 9.76. The van der Waals surface area contributed by atoms with Gasteiger partial charge in [-0.2, -0.15) is 5.26 Å². The Morgan fingerprint density at radius 2 is 1.95 bits per heavy atom. The predicted octanol–water partition coefficient (Wildman–Crippen LogP) is 2.22. The minimum atomic E-state index is -0.124. The summed E-state index contributed by atoms with van der Waals surface area (Å²) in [6.07, 6.45) is 2.26. The zero-order valence-corrected chi connectivity index (χ0v) is 12.6. The Morgan fingerprint density at radius 3 is 2.48 bits per heavy atom. The number of rotatable bonds is 7. The van der Waals surface area contributed by atoms with Crippen LogP contribution >= 0.6 is 0 Å². The lowest BCUT2D eigenvalue weighted by Gasteiger charge is -2.21. The Labute approximate surface area is 125 Å². The summed E-state index contributed by atoms with van der Waals surface area (Å²) >= 11 is 0. The van der Waals surface area contributed by atoms with E-state index in [0.29, 0.717) is 24.3 Å². The molecule has 5 nitrogen and oxygen atoms in total. The first-order chi connectivity index (χ1) is 10.1. The second-order valence-electron chi connectivity index (χ2n) is 4.78. The van der Waals surface area contributed by atoms with Crippen molar-refractivity contribution >= 4 is 17.5 Å². The lowest BCUT2D eigenvalue weighted by molar-refractivity contribution is -0.121. The van der Waals surface area contributed by atoms with Gasteiger partial charge in [0.25, 0.3) is 0 Å². The summed E-state index contributed by atoms with van der Waals surface area (Å²) in [4.78, 5) is 24.9. The predicted molar refractivity (Wildman–Crippen MR) is 81.7 cm³/mol. The minimum Gasteiger partial charge on any atom is -0.356 e. The van der Waals surface area contributed by atoms with Crippen LogP contribution in [0.25, 0.3) is 0 Å². The van der Waals surface area contributed by atoms with Gasteiger partial charge in [0, 0.05) is 32.1 Å². The van der Waals surface area contributed by atoms with E-state index in [0.717, 1.165) is 12.8 Å². The fraction of sp³-hybridized carbons (Fsp3) is 0.438. The molecule has 0 spiro atoms.